The Kier molecular flexibility index (Phi) is 4.96. The maximum absolute atomic E-state index is 5.61. The van der Waals surface area contributed by atoms with Crippen LogP contribution in [-0.4, -0.2) is 35.2 Å². The second-order valence-corrected chi connectivity index (χ2v) is 5.35. The molecule has 2 N–H and O–H groups in total. The van der Waals surface area contributed by atoms with Crippen LogP contribution in [0.5, 0.6) is 5.88 Å². The van der Waals surface area contributed by atoms with Crippen molar-refractivity contribution in [1.82, 2.24) is 15.3 Å². The molecule has 0 radical (unpaired) electrons. The second kappa shape index (κ2) is 6.70. The van der Waals surface area contributed by atoms with Gasteiger partial charge in [0.15, 0.2) is 0 Å². The van der Waals surface area contributed by atoms with Crippen molar-refractivity contribution in [2.75, 3.05) is 18.4 Å². The van der Waals surface area contributed by atoms with Gasteiger partial charge in [0.1, 0.15) is 0 Å². The lowest BCUT2D eigenvalue weighted by molar-refractivity contribution is 0.232. The van der Waals surface area contributed by atoms with Crippen molar-refractivity contribution in [2.24, 2.45) is 0 Å². The summed E-state index contributed by atoms with van der Waals surface area (Å²) in [5, 5.41) is 6.77. The van der Waals surface area contributed by atoms with E-state index in [1.807, 2.05) is 26.8 Å². The first-order chi connectivity index (χ1) is 9.13. The minimum Gasteiger partial charge on any atom is -0.475 e. The fraction of sp³-hybridized carbons (Fsp3) is 0.714. The molecule has 0 saturated carbocycles. The molecule has 1 fully saturated rings. The quantitative estimate of drug-likeness (QED) is 0.824. The van der Waals surface area contributed by atoms with Crippen LogP contribution >= 0.6 is 0 Å². The highest BCUT2D eigenvalue weighted by molar-refractivity contribution is 5.30. The van der Waals surface area contributed by atoms with Gasteiger partial charge in [-0.2, -0.15) is 4.98 Å². The summed E-state index contributed by atoms with van der Waals surface area (Å²) in [7, 11) is 0. The molecular formula is C14H24N4O. The fourth-order valence-corrected chi connectivity index (χ4v) is 2.28. The Hall–Kier alpha value is -1.36. The summed E-state index contributed by atoms with van der Waals surface area (Å²) in [6, 6.07) is 2.51. The molecule has 1 aromatic rings. The first-order valence-corrected chi connectivity index (χ1v) is 7.13. The lowest BCUT2D eigenvalue weighted by Crippen LogP contribution is -2.24. The topological polar surface area (TPSA) is 59.1 Å². The Morgan fingerprint density at radius 2 is 2.32 bits per heavy atom. The Morgan fingerprint density at radius 1 is 1.47 bits per heavy atom. The zero-order valence-electron chi connectivity index (χ0n) is 12.1. The summed E-state index contributed by atoms with van der Waals surface area (Å²) in [4.78, 5) is 8.76. The van der Waals surface area contributed by atoms with Gasteiger partial charge in [-0.1, -0.05) is 0 Å². The zero-order valence-corrected chi connectivity index (χ0v) is 12.1. The van der Waals surface area contributed by atoms with Crippen molar-refractivity contribution in [3.63, 3.8) is 0 Å². The molecule has 1 atom stereocenters. The van der Waals surface area contributed by atoms with E-state index in [9.17, 15) is 0 Å². The maximum Gasteiger partial charge on any atom is 0.226 e. The maximum atomic E-state index is 5.61. The number of rotatable bonds is 6. The molecule has 1 aliphatic heterocycles. The van der Waals surface area contributed by atoms with E-state index < -0.39 is 0 Å². The third-order valence-corrected chi connectivity index (χ3v) is 3.13. The molecule has 1 saturated heterocycles. The summed E-state index contributed by atoms with van der Waals surface area (Å²) in [5.74, 6) is 1.30. The van der Waals surface area contributed by atoms with E-state index >= 15 is 0 Å². The molecule has 0 amide bonds. The smallest absolute Gasteiger partial charge is 0.226 e. The normalized spacial score (nSPS) is 18.8. The molecule has 1 aliphatic rings. The van der Waals surface area contributed by atoms with Gasteiger partial charge in [-0.25, -0.2) is 4.98 Å². The molecule has 19 heavy (non-hydrogen) atoms. The highest BCUT2D eigenvalue weighted by Crippen LogP contribution is 2.14. The third kappa shape index (κ3) is 4.67. The number of hydrogen-bond donors (Lipinski definition) is 2. The predicted molar refractivity (Wildman–Crippen MR) is 76.7 cm³/mol. The molecule has 1 unspecified atom stereocenters. The van der Waals surface area contributed by atoms with E-state index in [1.54, 1.807) is 0 Å². The summed E-state index contributed by atoms with van der Waals surface area (Å²) in [6.45, 7) is 7.99. The number of aromatic nitrogens is 2. The molecule has 5 nitrogen and oxygen atoms in total. The minimum atomic E-state index is 0.129. The molecule has 0 spiro atoms. The van der Waals surface area contributed by atoms with Gasteiger partial charge >= 0.3 is 0 Å². The molecule has 0 bridgehead atoms. The van der Waals surface area contributed by atoms with Crippen LogP contribution in [0.15, 0.2) is 6.07 Å². The summed E-state index contributed by atoms with van der Waals surface area (Å²) >= 11 is 0. The number of nitrogens with one attached hydrogen (secondary N) is 2. The van der Waals surface area contributed by atoms with Crippen LogP contribution in [0.3, 0.4) is 0 Å². The van der Waals surface area contributed by atoms with Gasteiger partial charge in [0, 0.05) is 24.3 Å². The van der Waals surface area contributed by atoms with Crippen molar-refractivity contribution >= 4 is 5.95 Å². The first kappa shape index (κ1) is 14.1. The zero-order chi connectivity index (χ0) is 13.7. The standard InChI is InChI=1S/C14H24N4O/c1-10(2)19-13-9-11(3)17-14(18-13)16-8-6-12-5-4-7-15-12/h9-10,12,15H,4-8H2,1-3H3,(H,16,17,18). The lowest BCUT2D eigenvalue weighted by Gasteiger charge is -2.13. The molecule has 0 aliphatic carbocycles. The molecule has 2 heterocycles. The van der Waals surface area contributed by atoms with Crippen molar-refractivity contribution < 1.29 is 4.74 Å². The Bertz CT molecular complexity index is 402. The van der Waals surface area contributed by atoms with E-state index in [0.717, 1.165) is 25.2 Å². The van der Waals surface area contributed by atoms with Gasteiger partial charge in [0.05, 0.1) is 6.10 Å². The van der Waals surface area contributed by atoms with Gasteiger partial charge in [0.2, 0.25) is 11.8 Å². The Morgan fingerprint density at radius 3 is 3.00 bits per heavy atom. The Labute approximate surface area is 115 Å². The van der Waals surface area contributed by atoms with Gasteiger partial charge < -0.3 is 15.4 Å². The van der Waals surface area contributed by atoms with Crippen molar-refractivity contribution in [1.29, 1.82) is 0 Å². The minimum absolute atomic E-state index is 0.129. The van der Waals surface area contributed by atoms with Crippen LogP contribution in [0, 0.1) is 6.92 Å². The summed E-state index contributed by atoms with van der Waals surface area (Å²) in [5.41, 5.74) is 0.923. The number of ether oxygens (including phenoxy) is 1. The largest absolute Gasteiger partial charge is 0.475 e. The van der Waals surface area contributed by atoms with Crippen molar-refractivity contribution in [3.05, 3.63) is 11.8 Å². The van der Waals surface area contributed by atoms with Crippen molar-refractivity contribution in [2.45, 2.75) is 52.2 Å². The average Bonchev–Trinajstić information content (AvgIpc) is 2.80. The Balaban J connectivity index is 1.86. The van der Waals surface area contributed by atoms with Crippen LogP contribution in [0.2, 0.25) is 0 Å². The SMILES string of the molecule is Cc1cc(OC(C)C)nc(NCCC2CCCN2)n1. The van der Waals surface area contributed by atoms with Gasteiger partial charge in [-0.15, -0.1) is 0 Å². The van der Waals surface area contributed by atoms with Crippen LogP contribution in [-0.2, 0) is 0 Å². The van der Waals surface area contributed by atoms with Crippen LogP contribution in [0.4, 0.5) is 5.95 Å². The molecular weight excluding hydrogens is 240 g/mol. The average molecular weight is 264 g/mol. The van der Waals surface area contributed by atoms with E-state index in [0.29, 0.717) is 17.9 Å². The van der Waals surface area contributed by atoms with E-state index in [4.69, 9.17) is 4.74 Å². The molecule has 2 rings (SSSR count). The summed E-state index contributed by atoms with van der Waals surface area (Å²) < 4.78 is 5.61. The lowest BCUT2D eigenvalue weighted by atomic mass is 10.1. The third-order valence-electron chi connectivity index (χ3n) is 3.13. The van der Waals surface area contributed by atoms with Crippen LogP contribution in [0.1, 0.15) is 38.8 Å². The van der Waals surface area contributed by atoms with E-state index in [-0.39, 0.29) is 6.10 Å². The van der Waals surface area contributed by atoms with Gasteiger partial charge in [0.25, 0.3) is 0 Å². The summed E-state index contributed by atoms with van der Waals surface area (Å²) in [6.07, 6.45) is 3.80. The van der Waals surface area contributed by atoms with Gasteiger partial charge in [-0.05, 0) is 46.6 Å². The van der Waals surface area contributed by atoms with E-state index in [2.05, 4.69) is 20.6 Å². The first-order valence-electron chi connectivity index (χ1n) is 7.13. The number of anilines is 1. The molecule has 5 heteroatoms. The number of aryl methyl sites for hydroxylation is 1. The monoisotopic (exact) mass is 264 g/mol. The number of nitrogens with zero attached hydrogens (tertiary/aromatic N) is 2. The molecule has 1 aromatic heterocycles. The van der Waals surface area contributed by atoms with Gasteiger partial charge in [-0.3, -0.25) is 0 Å². The van der Waals surface area contributed by atoms with Crippen molar-refractivity contribution in [3.8, 4) is 5.88 Å². The van der Waals surface area contributed by atoms with Crippen LogP contribution in [0.25, 0.3) is 0 Å². The highest BCUT2D eigenvalue weighted by atomic mass is 16.5. The predicted octanol–water partition coefficient (Wildman–Crippen LogP) is 2.13. The van der Waals surface area contributed by atoms with Crippen LogP contribution < -0.4 is 15.4 Å². The van der Waals surface area contributed by atoms with E-state index in [1.165, 1.54) is 12.8 Å². The molecule has 0 aromatic carbocycles. The molecule has 106 valence electrons. The fourth-order valence-electron chi connectivity index (χ4n) is 2.28. The second-order valence-electron chi connectivity index (χ2n) is 5.35. The number of hydrogen-bond acceptors (Lipinski definition) is 5. The highest BCUT2D eigenvalue weighted by Gasteiger charge is 2.13.